The number of carbonyl (C=O) groups excluding carboxylic acids is 2. The van der Waals surface area contributed by atoms with Crippen LogP contribution in [0.25, 0.3) is 0 Å². The number of nitrogens with one attached hydrogen (secondary N) is 1. The van der Waals surface area contributed by atoms with Crippen molar-refractivity contribution in [2.45, 2.75) is 83.3 Å². The second kappa shape index (κ2) is 13.5. The van der Waals surface area contributed by atoms with Crippen molar-refractivity contribution in [1.29, 1.82) is 0 Å². The van der Waals surface area contributed by atoms with Gasteiger partial charge in [0.05, 0.1) is 10.6 Å². The van der Waals surface area contributed by atoms with Crippen molar-refractivity contribution in [2.75, 3.05) is 10.8 Å². The highest BCUT2D eigenvalue weighted by atomic mass is 32.2. The lowest BCUT2D eigenvalue weighted by molar-refractivity contribution is -0.140. The van der Waals surface area contributed by atoms with Gasteiger partial charge in [-0.15, -0.1) is 0 Å². The van der Waals surface area contributed by atoms with Gasteiger partial charge in [-0.2, -0.15) is 0 Å². The van der Waals surface area contributed by atoms with Crippen LogP contribution in [0.15, 0.2) is 71.6 Å². The molecule has 3 aromatic carbocycles. The fraction of sp³-hybridized carbons (Fsp3) is 0.394. The van der Waals surface area contributed by atoms with E-state index in [2.05, 4.69) is 5.32 Å². The van der Waals surface area contributed by atoms with Crippen LogP contribution in [0, 0.1) is 26.6 Å². The van der Waals surface area contributed by atoms with Gasteiger partial charge in [0.1, 0.15) is 18.4 Å². The number of amides is 2. The van der Waals surface area contributed by atoms with Gasteiger partial charge in [-0.25, -0.2) is 12.8 Å². The Kier molecular flexibility index (Phi) is 10.0. The van der Waals surface area contributed by atoms with E-state index in [1.807, 2.05) is 32.9 Å². The first-order chi connectivity index (χ1) is 20.0. The number of carbonyl (C=O) groups is 2. The quantitative estimate of drug-likeness (QED) is 0.304. The highest BCUT2D eigenvalue weighted by molar-refractivity contribution is 7.92. The van der Waals surface area contributed by atoms with Crippen LogP contribution in [-0.4, -0.2) is 43.8 Å². The van der Waals surface area contributed by atoms with E-state index in [9.17, 15) is 22.4 Å². The second-order valence-corrected chi connectivity index (χ2v) is 13.0. The van der Waals surface area contributed by atoms with Crippen LogP contribution in [0.5, 0.6) is 0 Å². The molecule has 1 saturated carbocycles. The summed E-state index contributed by atoms with van der Waals surface area (Å²) < 4.78 is 43.0. The molecule has 4 rings (SSSR count). The maximum Gasteiger partial charge on any atom is 0.264 e. The van der Waals surface area contributed by atoms with Crippen molar-refractivity contribution in [3.8, 4) is 0 Å². The van der Waals surface area contributed by atoms with Crippen LogP contribution in [0.4, 0.5) is 10.1 Å². The number of sulfonamides is 1. The lowest BCUT2D eigenvalue weighted by Crippen LogP contribution is -2.53. The van der Waals surface area contributed by atoms with Crippen molar-refractivity contribution in [2.24, 2.45) is 0 Å². The number of nitrogens with zero attached hydrogens (tertiary/aromatic N) is 2. The molecular formula is C33H40FN3O4S. The number of anilines is 1. The Labute approximate surface area is 248 Å². The number of hydrogen-bond acceptors (Lipinski definition) is 4. The molecule has 0 aliphatic heterocycles. The molecule has 42 heavy (non-hydrogen) atoms. The molecule has 0 bridgehead atoms. The Balaban J connectivity index is 1.74. The van der Waals surface area contributed by atoms with E-state index in [1.54, 1.807) is 37.3 Å². The highest BCUT2D eigenvalue weighted by Gasteiger charge is 2.35. The molecule has 7 nitrogen and oxygen atoms in total. The molecule has 1 N–H and O–H groups in total. The molecule has 224 valence electrons. The summed E-state index contributed by atoms with van der Waals surface area (Å²) in [5.41, 5.74) is 3.48. The van der Waals surface area contributed by atoms with Gasteiger partial charge in [-0.05, 0) is 87.1 Å². The first-order valence-corrected chi connectivity index (χ1v) is 15.9. The van der Waals surface area contributed by atoms with E-state index < -0.39 is 34.3 Å². The monoisotopic (exact) mass is 593 g/mol. The number of rotatable bonds is 11. The van der Waals surface area contributed by atoms with E-state index in [4.69, 9.17) is 0 Å². The maximum absolute atomic E-state index is 14.2. The van der Waals surface area contributed by atoms with Crippen LogP contribution in [0.3, 0.4) is 0 Å². The van der Waals surface area contributed by atoms with Gasteiger partial charge in [-0.3, -0.25) is 13.9 Å². The summed E-state index contributed by atoms with van der Waals surface area (Å²) in [6.07, 6.45) is 4.20. The standard InChI is InChI=1S/C33H40FN3O4S/c1-5-30(33(39)35-28-8-6-7-9-28)36(21-26-14-16-27(34)17-15-26)32(38)22-37(31-20-24(3)10-13-25(31)4)42(40,41)29-18-11-23(2)12-19-29/h10-20,28,30H,5-9,21-22H2,1-4H3,(H,35,39). The molecule has 0 spiro atoms. The third-order valence-corrected chi connectivity index (χ3v) is 9.65. The van der Waals surface area contributed by atoms with Crippen LogP contribution in [-0.2, 0) is 26.2 Å². The number of hydrogen-bond donors (Lipinski definition) is 1. The summed E-state index contributed by atoms with van der Waals surface area (Å²) in [6, 6.07) is 17.0. The summed E-state index contributed by atoms with van der Waals surface area (Å²) in [7, 11) is -4.15. The molecule has 0 aromatic heterocycles. The van der Waals surface area contributed by atoms with Crippen LogP contribution in [0.2, 0.25) is 0 Å². The summed E-state index contributed by atoms with van der Waals surface area (Å²) in [6.45, 7) is 6.89. The van der Waals surface area contributed by atoms with Crippen molar-refractivity contribution in [1.82, 2.24) is 10.2 Å². The van der Waals surface area contributed by atoms with E-state index >= 15 is 0 Å². The number of aryl methyl sites for hydroxylation is 3. The minimum atomic E-state index is -4.15. The molecule has 9 heteroatoms. The third kappa shape index (κ3) is 7.37. The topological polar surface area (TPSA) is 86.8 Å². The van der Waals surface area contributed by atoms with Crippen molar-refractivity contribution in [3.05, 3.63) is 94.8 Å². The van der Waals surface area contributed by atoms with Gasteiger partial charge >= 0.3 is 0 Å². The van der Waals surface area contributed by atoms with E-state index in [1.165, 1.54) is 29.2 Å². The lowest BCUT2D eigenvalue weighted by Gasteiger charge is -2.34. The SMILES string of the molecule is CCC(C(=O)NC1CCCC1)N(Cc1ccc(F)cc1)C(=O)CN(c1cc(C)ccc1C)S(=O)(=O)c1ccc(C)cc1. The van der Waals surface area contributed by atoms with Gasteiger partial charge in [0.15, 0.2) is 0 Å². The first-order valence-electron chi connectivity index (χ1n) is 14.5. The van der Waals surface area contributed by atoms with E-state index in [0.717, 1.165) is 41.1 Å². The average molecular weight is 594 g/mol. The minimum absolute atomic E-state index is 0.0287. The molecule has 0 radical (unpaired) electrons. The van der Waals surface area contributed by atoms with Gasteiger partial charge in [0, 0.05) is 12.6 Å². The largest absolute Gasteiger partial charge is 0.352 e. The minimum Gasteiger partial charge on any atom is -0.352 e. The molecule has 0 heterocycles. The molecule has 3 aromatic rings. The second-order valence-electron chi connectivity index (χ2n) is 11.2. The lowest BCUT2D eigenvalue weighted by atomic mass is 10.1. The molecule has 1 aliphatic carbocycles. The fourth-order valence-corrected chi connectivity index (χ4v) is 6.88. The molecule has 2 amide bonds. The average Bonchev–Trinajstić information content (AvgIpc) is 3.47. The molecule has 1 fully saturated rings. The zero-order valence-corrected chi connectivity index (χ0v) is 25.6. The molecule has 0 saturated heterocycles. The zero-order chi connectivity index (χ0) is 30.4. The van der Waals surface area contributed by atoms with E-state index in [-0.39, 0.29) is 23.4 Å². The number of benzene rings is 3. The highest BCUT2D eigenvalue weighted by Crippen LogP contribution is 2.29. The normalized spacial score (nSPS) is 14.4. The van der Waals surface area contributed by atoms with Gasteiger partial charge in [-0.1, -0.05) is 61.7 Å². The Bertz CT molecular complexity index is 1500. The molecular weight excluding hydrogens is 553 g/mol. The third-order valence-electron chi connectivity index (χ3n) is 7.87. The Morgan fingerprint density at radius 1 is 0.929 bits per heavy atom. The predicted molar refractivity (Wildman–Crippen MR) is 163 cm³/mol. The summed E-state index contributed by atoms with van der Waals surface area (Å²) in [4.78, 5) is 29.3. The van der Waals surface area contributed by atoms with Crippen LogP contribution < -0.4 is 9.62 Å². The van der Waals surface area contributed by atoms with Crippen molar-refractivity contribution < 1.29 is 22.4 Å². The molecule has 1 aliphatic rings. The van der Waals surface area contributed by atoms with E-state index in [0.29, 0.717) is 23.2 Å². The van der Waals surface area contributed by atoms with Crippen molar-refractivity contribution in [3.63, 3.8) is 0 Å². The first kappa shape index (κ1) is 31.2. The Morgan fingerprint density at radius 2 is 1.55 bits per heavy atom. The summed E-state index contributed by atoms with van der Waals surface area (Å²) >= 11 is 0. The zero-order valence-electron chi connectivity index (χ0n) is 24.8. The Hall–Kier alpha value is -3.72. The van der Waals surface area contributed by atoms with Crippen LogP contribution >= 0.6 is 0 Å². The molecule has 1 atom stereocenters. The van der Waals surface area contributed by atoms with Gasteiger partial charge in [0.2, 0.25) is 11.8 Å². The van der Waals surface area contributed by atoms with Gasteiger partial charge < -0.3 is 10.2 Å². The molecule has 1 unspecified atom stereocenters. The maximum atomic E-state index is 14.2. The summed E-state index contributed by atoms with van der Waals surface area (Å²) in [5, 5.41) is 3.10. The summed E-state index contributed by atoms with van der Waals surface area (Å²) in [5.74, 6) is -1.20. The van der Waals surface area contributed by atoms with Crippen molar-refractivity contribution >= 4 is 27.5 Å². The Morgan fingerprint density at radius 3 is 2.17 bits per heavy atom. The number of halogens is 1. The van der Waals surface area contributed by atoms with Gasteiger partial charge in [0.25, 0.3) is 10.0 Å². The smallest absolute Gasteiger partial charge is 0.264 e. The predicted octanol–water partition coefficient (Wildman–Crippen LogP) is 5.81. The fourth-order valence-electron chi connectivity index (χ4n) is 5.41. The van der Waals surface area contributed by atoms with Crippen LogP contribution in [0.1, 0.15) is 61.3 Å².